The SMILES string of the molecule is Cc1c(Cl)cccc1-c1cc(CCCCCc2nccc(C(N)=O)n2)nc(N)n1. The Labute approximate surface area is 174 Å². The van der Waals surface area contributed by atoms with Crippen molar-refractivity contribution >= 4 is 23.5 Å². The van der Waals surface area contributed by atoms with Crippen LogP contribution in [0.4, 0.5) is 5.95 Å². The van der Waals surface area contributed by atoms with E-state index in [9.17, 15) is 4.79 Å². The number of aryl methyl sites for hydroxylation is 2. The maximum atomic E-state index is 11.2. The molecule has 0 radical (unpaired) electrons. The lowest BCUT2D eigenvalue weighted by Crippen LogP contribution is -2.14. The van der Waals surface area contributed by atoms with Crippen molar-refractivity contribution in [1.82, 2.24) is 19.9 Å². The van der Waals surface area contributed by atoms with Crippen molar-refractivity contribution < 1.29 is 4.79 Å². The first kappa shape index (κ1) is 20.7. The predicted octanol–water partition coefficient (Wildman–Crippen LogP) is 3.53. The molecule has 0 saturated heterocycles. The molecule has 1 amide bonds. The fraction of sp³-hybridized carbons (Fsp3) is 0.286. The molecule has 8 heteroatoms. The van der Waals surface area contributed by atoms with Gasteiger partial charge in [0.2, 0.25) is 5.95 Å². The molecule has 0 spiro atoms. The highest BCUT2D eigenvalue weighted by Gasteiger charge is 2.10. The molecular formula is C21H23ClN6O. The molecule has 0 unspecified atom stereocenters. The van der Waals surface area contributed by atoms with Crippen molar-refractivity contribution in [2.45, 2.75) is 39.0 Å². The molecule has 0 fully saturated rings. The van der Waals surface area contributed by atoms with Crippen LogP contribution >= 0.6 is 11.6 Å². The molecule has 1 aromatic carbocycles. The van der Waals surface area contributed by atoms with E-state index in [1.165, 1.54) is 6.07 Å². The molecule has 150 valence electrons. The molecule has 0 bridgehead atoms. The van der Waals surface area contributed by atoms with Crippen molar-refractivity contribution in [3.63, 3.8) is 0 Å². The molecule has 0 aliphatic carbocycles. The number of carbonyl (C=O) groups is 1. The molecule has 2 aromatic heterocycles. The zero-order chi connectivity index (χ0) is 20.8. The molecule has 7 nitrogen and oxygen atoms in total. The van der Waals surface area contributed by atoms with Gasteiger partial charge in [-0.15, -0.1) is 0 Å². The van der Waals surface area contributed by atoms with E-state index in [0.29, 0.717) is 17.3 Å². The van der Waals surface area contributed by atoms with Crippen LogP contribution < -0.4 is 11.5 Å². The van der Waals surface area contributed by atoms with Gasteiger partial charge in [-0.25, -0.2) is 19.9 Å². The maximum Gasteiger partial charge on any atom is 0.267 e. The van der Waals surface area contributed by atoms with Gasteiger partial charge < -0.3 is 11.5 Å². The highest BCUT2D eigenvalue weighted by molar-refractivity contribution is 6.31. The number of unbranched alkanes of at least 4 members (excludes halogenated alkanes) is 2. The Balaban J connectivity index is 1.57. The number of benzene rings is 1. The molecule has 0 atom stereocenters. The van der Waals surface area contributed by atoms with Crippen LogP contribution in [0.2, 0.25) is 5.02 Å². The van der Waals surface area contributed by atoms with E-state index in [1.54, 1.807) is 6.20 Å². The fourth-order valence-corrected chi connectivity index (χ4v) is 3.27. The van der Waals surface area contributed by atoms with Gasteiger partial charge in [0, 0.05) is 28.9 Å². The Hall–Kier alpha value is -3.06. The minimum Gasteiger partial charge on any atom is -0.368 e. The van der Waals surface area contributed by atoms with Gasteiger partial charge in [0.25, 0.3) is 5.91 Å². The quantitative estimate of drug-likeness (QED) is 0.548. The average molecular weight is 411 g/mol. The monoisotopic (exact) mass is 410 g/mol. The average Bonchev–Trinajstić information content (AvgIpc) is 2.69. The lowest BCUT2D eigenvalue weighted by molar-refractivity contribution is 0.0995. The third-order valence-electron chi connectivity index (χ3n) is 4.63. The smallest absolute Gasteiger partial charge is 0.267 e. The summed E-state index contributed by atoms with van der Waals surface area (Å²) in [5, 5.41) is 0.698. The van der Waals surface area contributed by atoms with Crippen molar-refractivity contribution in [1.29, 1.82) is 0 Å². The second-order valence-electron chi connectivity index (χ2n) is 6.80. The van der Waals surface area contributed by atoms with Gasteiger partial charge in [0.05, 0.1) is 5.69 Å². The molecule has 4 N–H and O–H groups in total. The minimum atomic E-state index is -0.541. The first-order valence-electron chi connectivity index (χ1n) is 9.44. The number of nitrogen functional groups attached to an aromatic ring is 1. The summed E-state index contributed by atoms with van der Waals surface area (Å²) >= 11 is 6.23. The van der Waals surface area contributed by atoms with Crippen LogP contribution in [0, 0.1) is 6.92 Å². The lowest BCUT2D eigenvalue weighted by atomic mass is 10.0. The van der Waals surface area contributed by atoms with Gasteiger partial charge in [-0.05, 0) is 49.9 Å². The number of halogens is 1. The third kappa shape index (κ3) is 5.48. The fourth-order valence-electron chi connectivity index (χ4n) is 3.09. The van der Waals surface area contributed by atoms with Gasteiger partial charge in [0.1, 0.15) is 11.5 Å². The summed E-state index contributed by atoms with van der Waals surface area (Å²) in [5.41, 5.74) is 15.0. The number of hydrogen-bond donors (Lipinski definition) is 2. The summed E-state index contributed by atoms with van der Waals surface area (Å²) in [6.07, 6.45) is 5.87. The summed E-state index contributed by atoms with van der Waals surface area (Å²) in [6.45, 7) is 1.96. The maximum absolute atomic E-state index is 11.2. The van der Waals surface area contributed by atoms with E-state index < -0.39 is 5.91 Å². The second kappa shape index (κ2) is 9.43. The van der Waals surface area contributed by atoms with Crippen LogP contribution in [0.1, 0.15) is 46.8 Å². The summed E-state index contributed by atoms with van der Waals surface area (Å²) in [4.78, 5) is 28.3. The Kier molecular flexibility index (Phi) is 6.72. The van der Waals surface area contributed by atoms with Gasteiger partial charge in [-0.3, -0.25) is 4.79 Å². The summed E-state index contributed by atoms with van der Waals surface area (Å²) in [7, 11) is 0. The first-order valence-corrected chi connectivity index (χ1v) is 9.82. The first-order chi connectivity index (χ1) is 13.9. The highest BCUT2D eigenvalue weighted by Crippen LogP contribution is 2.28. The standard InChI is InChI=1S/C21H23ClN6O/c1-13-15(7-5-8-16(13)22)18-12-14(26-21(24)28-18)6-3-2-4-9-19-25-11-10-17(27-19)20(23)29/h5,7-8,10-12H,2-4,6,9H2,1H3,(H2,23,29)(H2,24,26,28). The Morgan fingerprint density at radius 1 is 1.07 bits per heavy atom. The van der Waals surface area contributed by atoms with E-state index in [2.05, 4.69) is 19.9 Å². The van der Waals surface area contributed by atoms with Crippen molar-refractivity contribution in [3.8, 4) is 11.3 Å². The van der Waals surface area contributed by atoms with Crippen LogP contribution in [0.3, 0.4) is 0 Å². The largest absolute Gasteiger partial charge is 0.368 e. The van der Waals surface area contributed by atoms with Gasteiger partial charge in [0.15, 0.2) is 0 Å². The second-order valence-corrected chi connectivity index (χ2v) is 7.21. The number of carbonyl (C=O) groups excluding carboxylic acids is 1. The van der Waals surface area contributed by atoms with E-state index in [4.69, 9.17) is 23.1 Å². The van der Waals surface area contributed by atoms with Crippen LogP contribution in [-0.2, 0) is 12.8 Å². The van der Waals surface area contributed by atoms with Crippen molar-refractivity contribution in [3.05, 3.63) is 64.3 Å². The highest BCUT2D eigenvalue weighted by atomic mass is 35.5. The zero-order valence-electron chi connectivity index (χ0n) is 16.2. The Morgan fingerprint density at radius 3 is 2.66 bits per heavy atom. The Morgan fingerprint density at radius 2 is 1.86 bits per heavy atom. The summed E-state index contributed by atoms with van der Waals surface area (Å²) in [5.74, 6) is 0.348. The zero-order valence-corrected chi connectivity index (χ0v) is 17.0. The normalized spacial score (nSPS) is 10.8. The number of amides is 1. The molecular weight excluding hydrogens is 388 g/mol. The number of nitrogens with two attached hydrogens (primary N) is 2. The molecule has 29 heavy (non-hydrogen) atoms. The third-order valence-corrected chi connectivity index (χ3v) is 5.04. The van der Waals surface area contributed by atoms with Crippen LogP contribution in [0.25, 0.3) is 11.3 Å². The molecule has 3 rings (SSSR count). The van der Waals surface area contributed by atoms with Gasteiger partial charge in [-0.2, -0.15) is 0 Å². The van der Waals surface area contributed by atoms with Crippen LogP contribution in [0.15, 0.2) is 36.5 Å². The molecule has 0 aliphatic heterocycles. The van der Waals surface area contributed by atoms with Crippen molar-refractivity contribution in [2.24, 2.45) is 5.73 Å². The van der Waals surface area contributed by atoms with E-state index >= 15 is 0 Å². The lowest BCUT2D eigenvalue weighted by Gasteiger charge is -2.09. The Bertz CT molecular complexity index is 1020. The van der Waals surface area contributed by atoms with Gasteiger partial charge >= 0.3 is 0 Å². The number of rotatable bonds is 8. The predicted molar refractivity (Wildman–Crippen MR) is 113 cm³/mol. The summed E-state index contributed by atoms with van der Waals surface area (Å²) in [6, 6.07) is 9.22. The molecule has 0 saturated carbocycles. The van der Waals surface area contributed by atoms with Crippen LogP contribution in [-0.4, -0.2) is 25.8 Å². The minimum absolute atomic E-state index is 0.246. The number of primary amides is 1. The van der Waals surface area contributed by atoms with E-state index in [0.717, 1.165) is 48.2 Å². The van der Waals surface area contributed by atoms with E-state index in [-0.39, 0.29) is 11.6 Å². The number of hydrogen-bond acceptors (Lipinski definition) is 6. The number of aromatic nitrogens is 4. The van der Waals surface area contributed by atoms with Crippen LogP contribution in [0.5, 0.6) is 0 Å². The van der Waals surface area contributed by atoms with E-state index in [1.807, 2.05) is 31.2 Å². The summed E-state index contributed by atoms with van der Waals surface area (Å²) < 4.78 is 0. The topological polar surface area (TPSA) is 121 Å². The number of nitrogens with zero attached hydrogens (tertiary/aromatic N) is 4. The van der Waals surface area contributed by atoms with Gasteiger partial charge in [-0.1, -0.05) is 30.2 Å². The molecule has 3 aromatic rings. The molecule has 0 aliphatic rings. The molecule has 2 heterocycles. The van der Waals surface area contributed by atoms with Crippen molar-refractivity contribution in [2.75, 3.05) is 5.73 Å². The number of anilines is 1.